The molecule has 3 aromatic rings. The van der Waals surface area contributed by atoms with Crippen molar-refractivity contribution in [1.82, 2.24) is 9.78 Å². The van der Waals surface area contributed by atoms with Gasteiger partial charge >= 0.3 is 5.97 Å². The molecule has 0 bridgehead atoms. The molecule has 1 heterocycles. The SMILES string of the molecule is NC(=O)COc1ccc(/C(N)=N/OC(=O)c2cccc(Cn3cccn3)c2)cc1. The lowest BCUT2D eigenvalue weighted by Gasteiger charge is -2.06. The number of nitrogens with zero attached hydrogens (tertiary/aromatic N) is 3. The van der Waals surface area contributed by atoms with Gasteiger partial charge in [-0.1, -0.05) is 17.3 Å². The topological polar surface area (TPSA) is 135 Å². The summed E-state index contributed by atoms with van der Waals surface area (Å²) in [6.45, 7) is 0.309. The highest BCUT2D eigenvalue weighted by atomic mass is 16.7. The molecule has 0 aliphatic rings. The van der Waals surface area contributed by atoms with Crippen LogP contribution in [0, 0.1) is 0 Å². The minimum atomic E-state index is -0.628. The lowest BCUT2D eigenvalue weighted by molar-refractivity contribution is -0.119. The maximum absolute atomic E-state index is 12.3. The highest BCUT2D eigenvalue weighted by Crippen LogP contribution is 2.13. The fraction of sp³-hybridized carbons (Fsp3) is 0.100. The van der Waals surface area contributed by atoms with E-state index in [0.29, 0.717) is 23.4 Å². The van der Waals surface area contributed by atoms with Crippen LogP contribution in [0.3, 0.4) is 0 Å². The Kier molecular flexibility index (Phi) is 6.21. The van der Waals surface area contributed by atoms with Crippen LogP contribution in [0.15, 0.2) is 72.1 Å². The van der Waals surface area contributed by atoms with Crippen molar-refractivity contribution in [1.29, 1.82) is 0 Å². The van der Waals surface area contributed by atoms with Gasteiger partial charge in [-0.2, -0.15) is 5.10 Å². The number of carbonyl (C=O) groups excluding carboxylic acids is 2. The largest absolute Gasteiger partial charge is 0.484 e. The van der Waals surface area contributed by atoms with Crippen LogP contribution in [-0.2, 0) is 16.2 Å². The second-order valence-electron chi connectivity index (χ2n) is 6.04. The predicted octanol–water partition coefficient (Wildman–Crippen LogP) is 1.27. The highest BCUT2D eigenvalue weighted by molar-refractivity contribution is 5.98. The summed E-state index contributed by atoms with van der Waals surface area (Å²) in [5.74, 6) is -0.730. The fourth-order valence-corrected chi connectivity index (χ4v) is 2.45. The maximum atomic E-state index is 12.3. The van der Waals surface area contributed by atoms with E-state index in [1.807, 2.05) is 18.3 Å². The van der Waals surface area contributed by atoms with E-state index in [2.05, 4.69) is 10.3 Å². The van der Waals surface area contributed by atoms with Gasteiger partial charge in [0.25, 0.3) is 5.91 Å². The lowest BCUT2D eigenvalue weighted by Crippen LogP contribution is -2.20. The molecule has 29 heavy (non-hydrogen) atoms. The summed E-state index contributed by atoms with van der Waals surface area (Å²) in [6.07, 6.45) is 3.52. The van der Waals surface area contributed by atoms with Gasteiger partial charge in [0.2, 0.25) is 0 Å². The number of ether oxygens (including phenoxy) is 1. The Hall–Kier alpha value is -4.14. The molecule has 148 valence electrons. The predicted molar refractivity (Wildman–Crippen MR) is 105 cm³/mol. The van der Waals surface area contributed by atoms with E-state index in [1.54, 1.807) is 53.3 Å². The van der Waals surface area contributed by atoms with Gasteiger partial charge in [0.05, 0.1) is 12.1 Å². The van der Waals surface area contributed by atoms with E-state index in [9.17, 15) is 9.59 Å². The number of primary amides is 1. The molecular formula is C20H19N5O4. The normalized spacial score (nSPS) is 11.1. The third-order valence-corrected chi connectivity index (χ3v) is 3.82. The monoisotopic (exact) mass is 393 g/mol. The standard InChI is InChI=1S/C20H19N5O4/c21-18(26)13-28-17-7-5-15(6-8-17)19(22)24-29-20(27)16-4-1-3-14(11-16)12-25-10-2-9-23-25/h1-11H,12-13H2,(H2,21,26)(H2,22,24). The Morgan fingerprint density at radius 2 is 1.83 bits per heavy atom. The molecule has 0 radical (unpaired) electrons. The molecule has 0 aliphatic heterocycles. The Morgan fingerprint density at radius 1 is 1.03 bits per heavy atom. The first-order valence-electron chi connectivity index (χ1n) is 8.64. The molecule has 1 aromatic heterocycles. The quantitative estimate of drug-likeness (QED) is 0.256. The van der Waals surface area contributed by atoms with Gasteiger partial charge in [-0.05, 0) is 48.0 Å². The molecule has 1 amide bonds. The molecule has 0 fully saturated rings. The van der Waals surface area contributed by atoms with Crippen molar-refractivity contribution in [2.24, 2.45) is 16.6 Å². The number of amidine groups is 1. The van der Waals surface area contributed by atoms with Crippen LogP contribution >= 0.6 is 0 Å². The molecule has 0 unspecified atom stereocenters. The van der Waals surface area contributed by atoms with Crippen molar-refractivity contribution in [2.45, 2.75) is 6.54 Å². The summed E-state index contributed by atoms with van der Waals surface area (Å²) in [5.41, 5.74) is 12.6. The van der Waals surface area contributed by atoms with Crippen LogP contribution in [0.1, 0.15) is 21.5 Å². The van der Waals surface area contributed by atoms with Crippen LogP contribution < -0.4 is 16.2 Å². The molecule has 9 heteroatoms. The minimum Gasteiger partial charge on any atom is -0.484 e. The number of amides is 1. The van der Waals surface area contributed by atoms with Gasteiger partial charge in [0.1, 0.15) is 5.75 Å². The van der Waals surface area contributed by atoms with Crippen molar-refractivity contribution >= 4 is 17.7 Å². The molecule has 0 atom stereocenters. The number of carbonyl (C=O) groups is 2. The molecule has 2 aromatic carbocycles. The van der Waals surface area contributed by atoms with Crippen LogP contribution in [-0.4, -0.2) is 34.1 Å². The van der Waals surface area contributed by atoms with Crippen molar-refractivity contribution < 1.29 is 19.2 Å². The van der Waals surface area contributed by atoms with Crippen LogP contribution in [0.4, 0.5) is 0 Å². The van der Waals surface area contributed by atoms with Gasteiger partial charge in [-0.15, -0.1) is 0 Å². The van der Waals surface area contributed by atoms with Gasteiger partial charge in [-0.25, -0.2) is 4.79 Å². The van der Waals surface area contributed by atoms with Gasteiger partial charge < -0.3 is 21.0 Å². The number of hydrogen-bond donors (Lipinski definition) is 2. The highest BCUT2D eigenvalue weighted by Gasteiger charge is 2.10. The third-order valence-electron chi connectivity index (χ3n) is 3.82. The summed E-state index contributed by atoms with van der Waals surface area (Å²) in [4.78, 5) is 27.9. The van der Waals surface area contributed by atoms with Crippen molar-refractivity contribution in [2.75, 3.05) is 6.61 Å². The first-order chi connectivity index (χ1) is 14.0. The van der Waals surface area contributed by atoms with E-state index in [1.165, 1.54) is 0 Å². The van der Waals surface area contributed by atoms with Gasteiger partial charge in [-0.3, -0.25) is 9.48 Å². The average Bonchev–Trinajstić information content (AvgIpc) is 3.23. The summed E-state index contributed by atoms with van der Waals surface area (Å²) in [5, 5.41) is 7.83. The third kappa shape index (κ3) is 5.67. The first kappa shape index (κ1) is 19.6. The molecule has 0 saturated carbocycles. The number of oxime groups is 1. The molecule has 3 rings (SSSR count). The van der Waals surface area contributed by atoms with E-state index >= 15 is 0 Å². The van der Waals surface area contributed by atoms with Crippen molar-refractivity contribution in [3.05, 3.63) is 83.7 Å². The zero-order chi connectivity index (χ0) is 20.6. The van der Waals surface area contributed by atoms with E-state index in [0.717, 1.165) is 5.56 Å². The second kappa shape index (κ2) is 9.18. The Balaban J connectivity index is 1.61. The zero-order valence-corrected chi connectivity index (χ0v) is 15.4. The van der Waals surface area contributed by atoms with E-state index in [4.69, 9.17) is 21.0 Å². The molecule has 0 saturated heterocycles. The number of hydrogen-bond acceptors (Lipinski definition) is 6. The van der Waals surface area contributed by atoms with E-state index in [-0.39, 0.29) is 12.4 Å². The van der Waals surface area contributed by atoms with Crippen LogP contribution in [0.2, 0.25) is 0 Å². The number of benzene rings is 2. The number of rotatable bonds is 8. The first-order valence-corrected chi connectivity index (χ1v) is 8.64. The minimum absolute atomic E-state index is 0.0208. The summed E-state index contributed by atoms with van der Waals surface area (Å²) in [7, 11) is 0. The molecular weight excluding hydrogens is 374 g/mol. The molecule has 9 nitrogen and oxygen atoms in total. The molecule has 0 spiro atoms. The maximum Gasteiger partial charge on any atom is 0.365 e. The zero-order valence-electron chi connectivity index (χ0n) is 15.4. The lowest BCUT2D eigenvalue weighted by atomic mass is 10.1. The summed E-state index contributed by atoms with van der Waals surface area (Å²) >= 11 is 0. The molecule has 4 N–H and O–H groups in total. The van der Waals surface area contributed by atoms with Gasteiger partial charge in [0.15, 0.2) is 12.4 Å². The Labute approximate surface area is 166 Å². The summed E-state index contributed by atoms with van der Waals surface area (Å²) in [6, 6.07) is 15.2. The number of nitrogens with two attached hydrogens (primary N) is 2. The number of aromatic nitrogens is 2. The Bertz CT molecular complexity index is 1010. The average molecular weight is 393 g/mol. The van der Waals surface area contributed by atoms with Crippen LogP contribution in [0.25, 0.3) is 0 Å². The molecule has 0 aliphatic carbocycles. The van der Waals surface area contributed by atoms with Gasteiger partial charge in [0, 0.05) is 18.0 Å². The summed E-state index contributed by atoms with van der Waals surface area (Å²) < 4.78 is 6.91. The Morgan fingerprint density at radius 3 is 2.52 bits per heavy atom. The van der Waals surface area contributed by atoms with Crippen molar-refractivity contribution in [3.8, 4) is 5.75 Å². The van der Waals surface area contributed by atoms with Crippen LogP contribution in [0.5, 0.6) is 5.75 Å². The van der Waals surface area contributed by atoms with E-state index < -0.39 is 11.9 Å². The fourth-order valence-electron chi connectivity index (χ4n) is 2.45. The second-order valence-corrected chi connectivity index (χ2v) is 6.04. The smallest absolute Gasteiger partial charge is 0.365 e. The van der Waals surface area contributed by atoms with Crippen molar-refractivity contribution in [3.63, 3.8) is 0 Å².